The van der Waals surface area contributed by atoms with Crippen molar-refractivity contribution in [2.75, 3.05) is 12.8 Å². The molecule has 3 aromatic carbocycles. The molecule has 0 aliphatic carbocycles. The van der Waals surface area contributed by atoms with Crippen LogP contribution in [0, 0.1) is 0 Å². The average molecular weight is 453 g/mol. The van der Waals surface area contributed by atoms with Crippen molar-refractivity contribution in [3.63, 3.8) is 0 Å². The topological polar surface area (TPSA) is 102 Å². The van der Waals surface area contributed by atoms with E-state index in [-0.39, 0.29) is 12.0 Å². The number of carbonyl (C=O) groups is 2. The van der Waals surface area contributed by atoms with E-state index in [9.17, 15) is 18.0 Å². The summed E-state index contributed by atoms with van der Waals surface area (Å²) in [6.07, 6.45) is 1.20. The second kappa shape index (κ2) is 10.7. The first-order valence-electron chi connectivity index (χ1n) is 9.96. The van der Waals surface area contributed by atoms with Crippen molar-refractivity contribution < 1.29 is 22.7 Å². The number of rotatable bonds is 10. The number of benzene rings is 3. The normalized spacial score (nSPS) is 12.0. The molecule has 7 nitrogen and oxygen atoms in total. The summed E-state index contributed by atoms with van der Waals surface area (Å²) >= 11 is 0. The van der Waals surface area contributed by atoms with E-state index < -0.39 is 34.3 Å². The lowest BCUT2D eigenvalue weighted by atomic mass is 10.0. The Labute approximate surface area is 187 Å². The van der Waals surface area contributed by atoms with Crippen LogP contribution in [0.2, 0.25) is 0 Å². The first kappa shape index (κ1) is 23.2. The first-order valence-corrected chi connectivity index (χ1v) is 11.8. The van der Waals surface area contributed by atoms with Gasteiger partial charge in [0.15, 0.2) is 5.78 Å². The van der Waals surface area contributed by atoms with E-state index in [2.05, 4.69) is 10.0 Å². The molecular formula is C24H24N2O5S. The summed E-state index contributed by atoms with van der Waals surface area (Å²) in [5.74, 6) is -0.0300. The minimum Gasteiger partial charge on any atom is -0.457 e. The Morgan fingerprint density at radius 1 is 0.875 bits per heavy atom. The summed E-state index contributed by atoms with van der Waals surface area (Å²) in [6, 6.07) is 24.0. The van der Waals surface area contributed by atoms with Gasteiger partial charge in [-0.05, 0) is 36.2 Å². The molecule has 1 amide bonds. The number of ether oxygens (including phenoxy) is 1. The van der Waals surface area contributed by atoms with E-state index in [0.29, 0.717) is 11.5 Å². The number of nitrogens with one attached hydrogen (secondary N) is 2. The quantitative estimate of drug-likeness (QED) is 0.493. The van der Waals surface area contributed by atoms with Crippen molar-refractivity contribution >= 4 is 21.7 Å². The molecule has 0 spiro atoms. The van der Waals surface area contributed by atoms with E-state index in [0.717, 1.165) is 11.8 Å². The molecule has 0 radical (unpaired) electrons. The predicted octanol–water partition coefficient (Wildman–Crippen LogP) is 2.94. The molecule has 2 N–H and O–H groups in total. The second-order valence-corrected chi connectivity index (χ2v) is 9.02. The molecule has 166 valence electrons. The highest BCUT2D eigenvalue weighted by atomic mass is 32.2. The summed E-state index contributed by atoms with van der Waals surface area (Å²) < 4.78 is 30.9. The molecule has 0 saturated carbocycles. The van der Waals surface area contributed by atoms with E-state index in [1.807, 2.05) is 48.5 Å². The first-order chi connectivity index (χ1) is 15.3. The fourth-order valence-corrected chi connectivity index (χ4v) is 3.42. The van der Waals surface area contributed by atoms with Crippen molar-refractivity contribution in [1.29, 1.82) is 0 Å². The molecule has 0 aromatic heterocycles. The monoisotopic (exact) mass is 452 g/mol. The summed E-state index contributed by atoms with van der Waals surface area (Å²) in [4.78, 5) is 25.8. The Morgan fingerprint density at radius 3 is 2.12 bits per heavy atom. The van der Waals surface area contributed by atoms with Gasteiger partial charge in [0.2, 0.25) is 10.0 Å². The van der Waals surface area contributed by atoms with Gasteiger partial charge in [0.25, 0.3) is 5.91 Å². The molecule has 0 aliphatic rings. The Kier molecular flexibility index (Phi) is 7.75. The van der Waals surface area contributed by atoms with Crippen LogP contribution in [-0.2, 0) is 21.2 Å². The molecule has 3 rings (SSSR count). The van der Waals surface area contributed by atoms with Gasteiger partial charge in [-0.3, -0.25) is 9.59 Å². The number of Topliss-reactive ketones (excluding diaryl/α,β-unsaturated/α-hetero) is 1. The zero-order valence-corrected chi connectivity index (χ0v) is 18.3. The zero-order chi connectivity index (χ0) is 23.0. The van der Waals surface area contributed by atoms with Gasteiger partial charge in [-0.2, -0.15) is 0 Å². The van der Waals surface area contributed by atoms with Gasteiger partial charge in [-0.25, -0.2) is 13.1 Å². The standard InChI is InChI=1S/C24H24N2O5S/c1-32(29,30)25-17-22(27)21(16-18-10-4-2-5-11-18)26-24(28)20-14-8-9-15-23(20)31-19-12-6-3-7-13-19/h2-15,21,25H,16-17H2,1H3,(H,26,28)/t21-/m0/s1. The third kappa shape index (κ3) is 7.04. The van der Waals surface area contributed by atoms with Gasteiger partial charge in [0, 0.05) is 0 Å². The van der Waals surface area contributed by atoms with Crippen LogP contribution in [-0.4, -0.2) is 39.0 Å². The molecule has 3 aromatic rings. The average Bonchev–Trinajstić information content (AvgIpc) is 2.78. The maximum absolute atomic E-state index is 13.1. The molecule has 0 saturated heterocycles. The van der Waals surface area contributed by atoms with Crippen molar-refractivity contribution in [3.05, 3.63) is 96.1 Å². The Bertz CT molecular complexity index is 1170. The van der Waals surface area contributed by atoms with Crippen LogP contribution in [0.5, 0.6) is 11.5 Å². The lowest BCUT2D eigenvalue weighted by Crippen LogP contribution is -2.46. The largest absolute Gasteiger partial charge is 0.457 e. The number of ketones is 1. The Morgan fingerprint density at radius 2 is 1.47 bits per heavy atom. The van der Waals surface area contributed by atoms with Crippen molar-refractivity contribution in [3.8, 4) is 11.5 Å². The van der Waals surface area contributed by atoms with E-state index in [4.69, 9.17) is 4.74 Å². The molecule has 1 atom stereocenters. The van der Waals surface area contributed by atoms with Crippen molar-refractivity contribution in [1.82, 2.24) is 10.0 Å². The van der Waals surface area contributed by atoms with E-state index in [1.165, 1.54) is 0 Å². The van der Waals surface area contributed by atoms with Crippen LogP contribution in [0.4, 0.5) is 0 Å². The molecule has 8 heteroatoms. The summed E-state index contributed by atoms with van der Waals surface area (Å²) in [5, 5.41) is 2.74. The van der Waals surface area contributed by atoms with Gasteiger partial charge in [0.1, 0.15) is 11.5 Å². The molecule has 0 unspecified atom stereocenters. The molecule has 0 heterocycles. The Balaban J connectivity index is 1.81. The highest BCUT2D eigenvalue weighted by molar-refractivity contribution is 7.88. The number of carbonyl (C=O) groups excluding carboxylic acids is 2. The molecule has 0 bridgehead atoms. The molecule has 32 heavy (non-hydrogen) atoms. The summed E-state index contributed by atoms with van der Waals surface area (Å²) in [5.41, 5.74) is 1.10. The van der Waals surface area contributed by atoms with Crippen LogP contribution in [0.1, 0.15) is 15.9 Å². The van der Waals surface area contributed by atoms with Crippen LogP contribution in [0.15, 0.2) is 84.9 Å². The molecular weight excluding hydrogens is 428 g/mol. The second-order valence-electron chi connectivity index (χ2n) is 7.19. The maximum atomic E-state index is 13.1. The fourth-order valence-electron chi connectivity index (χ4n) is 3.02. The zero-order valence-electron chi connectivity index (χ0n) is 17.5. The lowest BCUT2D eigenvalue weighted by Gasteiger charge is -2.19. The minimum absolute atomic E-state index is 0.221. The third-order valence-electron chi connectivity index (χ3n) is 4.59. The number of hydrogen-bond acceptors (Lipinski definition) is 5. The smallest absolute Gasteiger partial charge is 0.255 e. The Hall–Kier alpha value is -3.49. The van der Waals surface area contributed by atoms with Gasteiger partial charge < -0.3 is 10.1 Å². The molecule has 0 fully saturated rings. The number of sulfonamides is 1. The SMILES string of the molecule is CS(=O)(=O)NCC(=O)[C@H](Cc1ccccc1)NC(=O)c1ccccc1Oc1ccccc1. The van der Waals surface area contributed by atoms with Crippen LogP contribution in [0.3, 0.4) is 0 Å². The predicted molar refractivity (Wildman–Crippen MR) is 122 cm³/mol. The number of hydrogen-bond donors (Lipinski definition) is 2. The number of para-hydroxylation sites is 2. The van der Waals surface area contributed by atoms with Crippen LogP contribution in [0.25, 0.3) is 0 Å². The van der Waals surface area contributed by atoms with Gasteiger partial charge >= 0.3 is 0 Å². The summed E-state index contributed by atoms with van der Waals surface area (Å²) in [6.45, 7) is -0.418. The van der Waals surface area contributed by atoms with Crippen LogP contribution >= 0.6 is 0 Å². The van der Waals surface area contributed by atoms with Gasteiger partial charge in [-0.15, -0.1) is 0 Å². The lowest BCUT2D eigenvalue weighted by molar-refractivity contribution is -0.119. The van der Waals surface area contributed by atoms with Crippen LogP contribution < -0.4 is 14.8 Å². The highest BCUT2D eigenvalue weighted by Crippen LogP contribution is 2.25. The number of amides is 1. The minimum atomic E-state index is -3.55. The van der Waals surface area contributed by atoms with E-state index >= 15 is 0 Å². The van der Waals surface area contributed by atoms with Gasteiger partial charge in [-0.1, -0.05) is 60.7 Å². The summed E-state index contributed by atoms with van der Waals surface area (Å²) in [7, 11) is -3.55. The van der Waals surface area contributed by atoms with Gasteiger partial charge in [0.05, 0.1) is 24.4 Å². The van der Waals surface area contributed by atoms with E-state index in [1.54, 1.807) is 36.4 Å². The van der Waals surface area contributed by atoms with Crippen molar-refractivity contribution in [2.45, 2.75) is 12.5 Å². The molecule has 0 aliphatic heterocycles. The van der Waals surface area contributed by atoms with Crippen molar-refractivity contribution in [2.24, 2.45) is 0 Å². The maximum Gasteiger partial charge on any atom is 0.255 e. The fraction of sp³-hybridized carbons (Fsp3) is 0.167. The highest BCUT2D eigenvalue weighted by Gasteiger charge is 2.24. The third-order valence-corrected chi connectivity index (χ3v) is 5.26.